The SMILES string of the molecule is Cc1ccc(NP(C)(=O)Oc2ccccc2)c(C)c1. The molecule has 0 heterocycles. The van der Waals surface area contributed by atoms with Crippen LogP contribution in [0.5, 0.6) is 5.75 Å². The highest BCUT2D eigenvalue weighted by Gasteiger charge is 2.18. The second-order valence-electron chi connectivity index (χ2n) is 4.68. The summed E-state index contributed by atoms with van der Waals surface area (Å²) in [5, 5.41) is 3.00. The lowest BCUT2D eigenvalue weighted by Gasteiger charge is -2.18. The van der Waals surface area contributed by atoms with Gasteiger partial charge in [0.05, 0.1) is 0 Å². The smallest absolute Gasteiger partial charge is 0.338 e. The summed E-state index contributed by atoms with van der Waals surface area (Å²) in [4.78, 5) is 0. The second-order valence-corrected chi connectivity index (χ2v) is 6.78. The molecule has 4 heteroatoms. The van der Waals surface area contributed by atoms with Crippen molar-refractivity contribution in [3.05, 3.63) is 59.7 Å². The predicted octanol–water partition coefficient (Wildman–Crippen LogP) is 4.62. The second kappa shape index (κ2) is 5.50. The Labute approximate surface area is 114 Å². The van der Waals surface area contributed by atoms with Crippen LogP contribution in [0.4, 0.5) is 5.69 Å². The highest BCUT2D eigenvalue weighted by Crippen LogP contribution is 2.43. The van der Waals surface area contributed by atoms with Gasteiger partial charge in [-0.2, -0.15) is 0 Å². The number of benzene rings is 2. The van der Waals surface area contributed by atoms with E-state index in [4.69, 9.17) is 4.52 Å². The highest BCUT2D eigenvalue weighted by atomic mass is 31.2. The third-order valence-electron chi connectivity index (χ3n) is 2.73. The van der Waals surface area contributed by atoms with Crippen LogP contribution in [0.3, 0.4) is 0 Å². The van der Waals surface area contributed by atoms with Crippen molar-refractivity contribution < 1.29 is 9.09 Å². The van der Waals surface area contributed by atoms with E-state index in [1.807, 2.05) is 50.2 Å². The lowest BCUT2D eigenvalue weighted by Crippen LogP contribution is -2.03. The largest absolute Gasteiger partial charge is 0.429 e. The molecule has 0 saturated carbocycles. The summed E-state index contributed by atoms with van der Waals surface area (Å²) in [5.41, 5.74) is 3.07. The lowest BCUT2D eigenvalue weighted by atomic mass is 10.1. The minimum atomic E-state index is -2.93. The van der Waals surface area contributed by atoms with Gasteiger partial charge in [-0.05, 0) is 37.6 Å². The first-order valence-corrected chi connectivity index (χ1v) is 8.21. The molecule has 2 aromatic carbocycles. The number of para-hydroxylation sites is 1. The number of aryl methyl sites for hydroxylation is 2. The Morgan fingerprint density at radius 3 is 2.37 bits per heavy atom. The molecule has 0 aliphatic heterocycles. The molecule has 1 atom stereocenters. The van der Waals surface area contributed by atoms with Crippen molar-refractivity contribution >= 4 is 13.2 Å². The third-order valence-corrected chi connectivity index (χ3v) is 3.93. The van der Waals surface area contributed by atoms with Gasteiger partial charge in [0.25, 0.3) is 0 Å². The van der Waals surface area contributed by atoms with Crippen LogP contribution in [-0.2, 0) is 4.57 Å². The monoisotopic (exact) mass is 275 g/mol. The van der Waals surface area contributed by atoms with E-state index in [0.717, 1.165) is 11.3 Å². The van der Waals surface area contributed by atoms with E-state index < -0.39 is 7.52 Å². The first-order valence-electron chi connectivity index (χ1n) is 6.14. The summed E-state index contributed by atoms with van der Waals surface area (Å²) in [5.74, 6) is 0.602. The Kier molecular flexibility index (Phi) is 3.96. The van der Waals surface area contributed by atoms with Crippen LogP contribution in [0.15, 0.2) is 48.5 Å². The van der Waals surface area contributed by atoms with Crippen LogP contribution in [0.1, 0.15) is 11.1 Å². The maximum atomic E-state index is 12.5. The standard InChI is InChI=1S/C15H18NO2P/c1-12-9-10-15(13(2)11-12)16-19(3,17)18-14-7-5-4-6-8-14/h4-11H,1-3H3,(H,16,17). The molecule has 0 saturated heterocycles. The van der Waals surface area contributed by atoms with Crippen LogP contribution >= 0.6 is 7.52 Å². The van der Waals surface area contributed by atoms with E-state index in [2.05, 4.69) is 5.09 Å². The van der Waals surface area contributed by atoms with Crippen molar-refractivity contribution in [1.82, 2.24) is 0 Å². The van der Waals surface area contributed by atoms with Crippen molar-refractivity contribution in [3.8, 4) is 5.75 Å². The average Bonchev–Trinajstić information content (AvgIpc) is 2.33. The van der Waals surface area contributed by atoms with Crippen LogP contribution < -0.4 is 9.61 Å². The predicted molar refractivity (Wildman–Crippen MR) is 80.1 cm³/mol. The lowest BCUT2D eigenvalue weighted by molar-refractivity contribution is 0.493. The molecule has 1 N–H and O–H groups in total. The molecule has 19 heavy (non-hydrogen) atoms. The zero-order valence-corrected chi connectivity index (χ0v) is 12.3. The number of anilines is 1. The minimum Gasteiger partial charge on any atom is -0.429 e. The van der Waals surface area contributed by atoms with Gasteiger partial charge < -0.3 is 9.61 Å². The van der Waals surface area contributed by atoms with Crippen LogP contribution in [-0.4, -0.2) is 6.66 Å². The van der Waals surface area contributed by atoms with Gasteiger partial charge in [0, 0.05) is 12.4 Å². The maximum absolute atomic E-state index is 12.5. The summed E-state index contributed by atoms with van der Waals surface area (Å²) in [6, 6.07) is 15.1. The van der Waals surface area contributed by atoms with Crippen LogP contribution in [0.2, 0.25) is 0 Å². The quantitative estimate of drug-likeness (QED) is 0.827. The number of hydrogen-bond acceptors (Lipinski definition) is 2. The first-order chi connectivity index (χ1) is 8.96. The molecule has 0 fully saturated rings. The van der Waals surface area contributed by atoms with Crippen molar-refractivity contribution in [1.29, 1.82) is 0 Å². The fraction of sp³-hybridized carbons (Fsp3) is 0.200. The third kappa shape index (κ3) is 3.87. The van der Waals surface area contributed by atoms with Gasteiger partial charge >= 0.3 is 7.52 Å². The van der Waals surface area contributed by atoms with Crippen molar-refractivity contribution in [3.63, 3.8) is 0 Å². The van der Waals surface area contributed by atoms with Gasteiger partial charge in [-0.15, -0.1) is 0 Å². The van der Waals surface area contributed by atoms with E-state index in [9.17, 15) is 4.57 Å². The summed E-state index contributed by atoms with van der Waals surface area (Å²) < 4.78 is 18.0. The van der Waals surface area contributed by atoms with Crippen molar-refractivity contribution in [2.45, 2.75) is 13.8 Å². The fourth-order valence-corrected chi connectivity index (χ4v) is 3.12. The van der Waals surface area contributed by atoms with Gasteiger partial charge in [0.2, 0.25) is 0 Å². The van der Waals surface area contributed by atoms with E-state index in [-0.39, 0.29) is 0 Å². The van der Waals surface area contributed by atoms with Crippen molar-refractivity contribution in [2.75, 3.05) is 11.8 Å². The van der Waals surface area contributed by atoms with Crippen molar-refractivity contribution in [2.24, 2.45) is 0 Å². The topological polar surface area (TPSA) is 38.3 Å². The van der Waals surface area contributed by atoms with E-state index >= 15 is 0 Å². The molecule has 0 aliphatic rings. The van der Waals surface area contributed by atoms with Gasteiger partial charge in [-0.3, -0.25) is 4.57 Å². The van der Waals surface area contributed by atoms with Gasteiger partial charge in [-0.25, -0.2) is 0 Å². The summed E-state index contributed by atoms with van der Waals surface area (Å²) >= 11 is 0. The Balaban J connectivity index is 2.15. The molecule has 0 spiro atoms. The normalized spacial score (nSPS) is 13.6. The Morgan fingerprint density at radius 2 is 1.74 bits per heavy atom. The van der Waals surface area contributed by atoms with Gasteiger partial charge in [0.15, 0.2) is 0 Å². The molecule has 0 aliphatic carbocycles. The fourth-order valence-electron chi connectivity index (χ4n) is 1.86. The number of rotatable bonds is 4. The summed E-state index contributed by atoms with van der Waals surface area (Å²) in [6.07, 6.45) is 0. The first kappa shape index (κ1) is 13.7. The highest BCUT2D eigenvalue weighted by molar-refractivity contribution is 7.60. The Morgan fingerprint density at radius 1 is 1.05 bits per heavy atom. The zero-order valence-electron chi connectivity index (χ0n) is 11.4. The molecule has 2 aromatic rings. The van der Waals surface area contributed by atoms with Crippen LogP contribution in [0, 0.1) is 13.8 Å². The summed E-state index contributed by atoms with van der Waals surface area (Å²) in [7, 11) is -2.93. The molecule has 0 aromatic heterocycles. The summed E-state index contributed by atoms with van der Waals surface area (Å²) in [6.45, 7) is 5.60. The van der Waals surface area contributed by atoms with E-state index in [1.165, 1.54) is 5.56 Å². The molecular weight excluding hydrogens is 257 g/mol. The van der Waals surface area contributed by atoms with Gasteiger partial charge in [0.1, 0.15) is 5.75 Å². The molecule has 1 unspecified atom stereocenters. The molecule has 100 valence electrons. The average molecular weight is 275 g/mol. The van der Waals surface area contributed by atoms with E-state index in [0.29, 0.717) is 5.75 Å². The number of hydrogen-bond donors (Lipinski definition) is 1. The van der Waals surface area contributed by atoms with E-state index in [1.54, 1.807) is 18.8 Å². The molecule has 0 radical (unpaired) electrons. The number of nitrogens with one attached hydrogen (secondary N) is 1. The Bertz CT molecular complexity index is 611. The molecular formula is C15H18NO2P. The van der Waals surface area contributed by atoms with Crippen LogP contribution in [0.25, 0.3) is 0 Å². The Hall–Kier alpha value is -1.73. The maximum Gasteiger partial charge on any atom is 0.338 e. The van der Waals surface area contributed by atoms with Gasteiger partial charge in [-0.1, -0.05) is 35.9 Å². The molecule has 0 bridgehead atoms. The minimum absolute atomic E-state index is 0.602. The molecule has 2 rings (SSSR count). The zero-order chi connectivity index (χ0) is 13.9. The molecule has 0 amide bonds. The molecule has 3 nitrogen and oxygen atoms in total.